The van der Waals surface area contributed by atoms with Gasteiger partial charge in [-0.05, 0) is 19.1 Å². The topological polar surface area (TPSA) is 12.9 Å². The largest absolute Gasteiger partial charge is 0.262 e. The standard InChI is InChI=1S/C10H10ClN/c1-9-8-10(5-7-12-9)4-2-3-6-11/h5,7-8H,3,6H2,1H3. The minimum atomic E-state index is 0.594. The Kier molecular flexibility index (Phi) is 3.63. The van der Waals surface area contributed by atoms with Crippen LogP contribution >= 0.6 is 11.6 Å². The SMILES string of the molecule is Cc1cc(C#CCCCl)ccn1. The van der Waals surface area contributed by atoms with Crippen LogP contribution < -0.4 is 0 Å². The lowest BCUT2D eigenvalue weighted by molar-refractivity contribution is 1.19. The molecule has 0 radical (unpaired) electrons. The molecule has 1 nitrogen and oxygen atoms in total. The molecule has 0 aromatic carbocycles. The molecule has 1 aromatic rings. The minimum absolute atomic E-state index is 0.594. The molecule has 62 valence electrons. The van der Waals surface area contributed by atoms with Crippen LogP contribution in [0.2, 0.25) is 0 Å². The number of hydrogen-bond donors (Lipinski definition) is 0. The van der Waals surface area contributed by atoms with Gasteiger partial charge in [0.05, 0.1) is 0 Å². The van der Waals surface area contributed by atoms with Crippen molar-refractivity contribution in [3.8, 4) is 11.8 Å². The number of hydrogen-bond acceptors (Lipinski definition) is 1. The summed E-state index contributed by atoms with van der Waals surface area (Å²) in [6.07, 6.45) is 2.50. The van der Waals surface area contributed by atoms with Crippen LogP contribution in [0, 0.1) is 18.8 Å². The molecular weight excluding hydrogens is 170 g/mol. The van der Waals surface area contributed by atoms with Crippen LogP contribution in [0.5, 0.6) is 0 Å². The molecule has 0 atom stereocenters. The van der Waals surface area contributed by atoms with E-state index in [-0.39, 0.29) is 0 Å². The number of aryl methyl sites for hydroxylation is 1. The van der Waals surface area contributed by atoms with Gasteiger partial charge in [-0.3, -0.25) is 4.98 Å². The van der Waals surface area contributed by atoms with E-state index in [1.165, 1.54) is 0 Å². The van der Waals surface area contributed by atoms with E-state index in [1.54, 1.807) is 6.20 Å². The Morgan fingerprint density at radius 2 is 2.42 bits per heavy atom. The van der Waals surface area contributed by atoms with Gasteiger partial charge in [-0.1, -0.05) is 11.8 Å². The van der Waals surface area contributed by atoms with Gasteiger partial charge in [0, 0.05) is 29.8 Å². The number of pyridine rings is 1. The van der Waals surface area contributed by atoms with Crippen molar-refractivity contribution in [3.05, 3.63) is 29.6 Å². The van der Waals surface area contributed by atoms with E-state index in [1.807, 2.05) is 19.1 Å². The van der Waals surface area contributed by atoms with Gasteiger partial charge in [-0.2, -0.15) is 0 Å². The fourth-order valence-corrected chi connectivity index (χ4v) is 0.930. The van der Waals surface area contributed by atoms with Gasteiger partial charge in [0.2, 0.25) is 0 Å². The van der Waals surface area contributed by atoms with Crippen molar-refractivity contribution in [1.29, 1.82) is 0 Å². The molecule has 0 aliphatic heterocycles. The van der Waals surface area contributed by atoms with E-state index in [9.17, 15) is 0 Å². The first-order valence-corrected chi connectivity index (χ1v) is 4.34. The average molecular weight is 180 g/mol. The first-order valence-electron chi connectivity index (χ1n) is 3.80. The van der Waals surface area contributed by atoms with E-state index < -0.39 is 0 Å². The quantitative estimate of drug-likeness (QED) is 0.477. The van der Waals surface area contributed by atoms with E-state index in [2.05, 4.69) is 16.8 Å². The van der Waals surface area contributed by atoms with Crippen LogP contribution in [-0.4, -0.2) is 10.9 Å². The summed E-state index contributed by atoms with van der Waals surface area (Å²) in [7, 11) is 0. The van der Waals surface area contributed by atoms with Crippen LogP contribution in [0.3, 0.4) is 0 Å². The predicted molar refractivity (Wildman–Crippen MR) is 51.2 cm³/mol. The molecular formula is C10H10ClN. The third kappa shape index (κ3) is 2.94. The second-order valence-corrected chi connectivity index (χ2v) is 2.80. The molecule has 1 heterocycles. The van der Waals surface area contributed by atoms with Crippen molar-refractivity contribution in [1.82, 2.24) is 4.98 Å². The molecule has 2 heteroatoms. The normalized spacial score (nSPS) is 8.83. The smallest absolute Gasteiger partial charge is 0.0385 e. The second kappa shape index (κ2) is 4.79. The molecule has 0 amide bonds. The summed E-state index contributed by atoms with van der Waals surface area (Å²) in [4.78, 5) is 4.07. The van der Waals surface area contributed by atoms with Crippen LogP contribution in [0.25, 0.3) is 0 Å². The fourth-order valence-electron chi connectivity index (χ4n) is 0.835. The Morgan fingerprint density at radius 3 is 3.08 bits per heavy atom. The zero-order valence-electron chi connectivity index (χ0n) is 6.97. The predicted octanol–water partition coefficient (Wildman–Crippen LogP) is 2.37. The minimum Gasteiger partial charge on any atom is -0.262 e. The van der Waals surface area contributed by atoms with Gasteiger partial charge in [-0.15, -0.1) is 11.6 Å². The highest BCUT2D eigenvalue weighted by Crippen LogP contribution is 1.98. The van der Waals surface area contributed by atoms with Gasteiger partial charge in [-0.25, -0.2) is 0 Å². The van der Waals surface area contributed by atoms with Gasteiger partial charge in [0.25, 0.3) is 0 Å². The maximum absolute atomic E-state index is 5.48. The number of halogens is 1. The summed E-state index contributed by atoms with van der Waals surface area (Å²) in [5.74, 6) is 6.58. The maximum atomic E-state index is 5.48. The monoisotopic (exact) mass is 179 g/mol. The summed E-state index contributed by atoms with van der Waals surface area (Å²) < 4.78 is 0. The molecule has 0 unspecified atom stereocenters. The molecule has 0 bridgehead atoms. The summed E-state index contributed by atoms with van der Waals surface area (Å²) in [6.45, 7) is 1.95. The number of aromatic nitrogens is 1. The molecule has 0 aliphatic carbocycles. The van der Waals surface area contributed by atoms with Crippen LogP contribution in [0.1, 0.15) is 17.7 Å². The van der Waals surface area contributed by atoms with Crippen LogP contribution in [0.15, 0.2) is 18.3 Å². The zero-order valence-corrected chi connectivity index (χ0v) is 7.73. The number of nitrogens with zero attached hydrogens (tertiary/aromatic N) is 1. The van der Waals surface area contributed by atoms with Crippen LogP contribution in [0.4, 0.5) is 0 Å². The van der Waals surface area contributed by atoms with Crippen LogP contribution in [-0.2, 0) is 0 Å². The highest BCUT2D eigenvalue weighted by Gasteiger charge is 1.86. The van der Waals surface area contributed by atoms with Crippen molar-refractivity contribution in [2.75, 3.05) is 5.88 Å². The Balaban J connectivity index is 2.71. The second-order valence-electron chi connectivity index (χ2n) is 2.43. The lowest BCUT2D eigenvalue weighted by Crippen LogP contribution is -1.81. The molecule has 0 spiro atoms. The molecule has 0 saturated carbocycles. The molecule has 0 aliphatic rings. The fraction of sp³-hybridized carbons (Fsp3) is 0.300. The molecule has 1 rings (SSSR count). The highest BCUT2D eigenvalue weighted by molar-refractivity contribution is 6.18. The summed E-state index contributed by atoms with van der Waals surface area (Å²) in [6, 6.07) is 3.86. The van der Waals surface area contributed by atoms with Crippen molar-refractivity contribution in [3.63, 3.8) is 0 Å². The van der Waals surface area contributed by atoms with Crippen molar-refractivity contribution in [2.45, 2.75) is 13.3 Å². The molecule has 0 fully saturated rings. The lowest BCUT2D eigenvalue weighted by Gasteiger charge is -1.90. The summed E-state index contributed by atoms with van der Waals surface area (Å²) >= 11 is 5.48. The molecule has 12 heavy (non-hydrogen) atoms. The number of alkyl halides is 1. The lowest BCUT2D eigenvalue weighted by atomic mass is 10.2. The first-order chi connectivity index (χ1) is 5.83. The van der Waals surface area contributed by atoms with E-state index in [4.69, 9.17) is 11.6 Å². The van der Waals surface area contributed by atoms with Gasteiger partial charge >= 0.3 is 0 Å². The zero-order chi connectivity index (χ0) is 8.81. The molecule has 0 saturated heterocycles. The maximum Gasteiger partial charge on any atom is 0.0385 e. The van der Waals surface area contributed by atoms with E-state index >= 15 is 0 Å². The summed E-state index contributed by atoms with van der Waals surface area (Å²) in [5, 5.41) is 0. The van der Waals surface area contributed by atoms with Gasteiger partial charge in [0.1, 0.15) is 0 Å². The van der Waals surface area contributed by atoms with Crippen molar-refractivity contribution < 1.29 is 0 Å². The highest BCUT2D eigenvalue weighted by atomic mass is 35.5. The first kappa shape index (κ1) is 9.09. The van der Waals surface area contributed by atoms with Gasteiger partial charge in [0.15, 0.2) is 0 Å². The molecule has 0 N–H and O–H groups in total. The molecule has 1 aromatic heterocycles. The van der Waals surface area contributed by atoms with E-state index in [0.717, 1.165) is 17.7 Å². The van der Waals surface area contributed by atoms with E-state index in [0.29, 0.717) is 5.88 Å². The van der Waals surface area contributed by atoms with Crippen molar-refractivity contribution >= 4 is 11.6 Å². The Labute approximate surface area is 77.8 Å². The third-order valence-electron chi connectivity index (χ3n) is 1.35. The Bertz CT molecular complexity index is 309. The summed E-state index contributed by atoms with van der Waals surface area (Å²) in [5.41, 5.74) is 2.00. The van der Waals surface area contributed by atoms with Crippen molar-refractivity contribution in [2.24, 2.45) is 0 Å². The van der Waals surface area contributed by atoms with Gasteiger partial charge < -0.3 is 0 Å². The average Bonchev–Trinajstić information content (AvgIpc) is 2.05. The number of rotatable bonds is 1. The Hall–Kier alpha value is -1.00. The third-order valence-corrected chi connectivity index (χ3v) is 1.54. The Morgan fingerprint density at radius 1 is 1.58 bits per heavy atom.